The summed E-state index contributed by atoms with van der Waals surface area (Å²) in [5, 5.41) is 0. The van der Waals surface area contributed by atoms with Gasteiger partial charge in [-0.05, 0) is 109 Å². The average molecular weight is 950 g/mol. The zero-order chi connectivity index (χ0) is 49.3. The molecule has 6 nitrogen and oxygen atoms in total. The van der Waals surface area contributed by atoms with E-state index in [1.54, 1.807) is 0 Å². The summed E-state index contributed by atoms with van der Waals surface area (Å²) in [5.41, 5.74) is 0. The maximum atomic E-state index is 12.8. The molecule has 0 radical (unpaired) electrons. The van der Waals surface area contributed by atoms with Crippen LogP contribution >= 0.6 is 0 Å². The highest BCUT2D eigenvalue weighted by Crippen LogP contribution is 2.15. The van der Waals surface area contributed by atoms with Crippen LogP contribution < -0.4 is 0 Å². The van der Waals surface area contributed by atoms with E-state index in [0.29, 0.717) is 19.3 Å². The first-order valence-electron chi connectivity index (χ1n) is 28.9. The molecule has 1 unspecified atom stereocenters. The van der Waals surface area contributed by atoms with Crippen molar-refractivity contribution in [3.8, 4) is 0 Å². The van der Waals surface area contributed by atoms with Crippen LogP contribution in [-0.2, 0) is 28.6 Å². The highest BCUT2D eigenvalue weighted by atomic mass is 16.6. The van der Waals surface area contributed by atoms with E-state index in [4.69, 9.17) is 14.2 Å². The molecule has 0 aliphatic rings. The van der Waals surface area contributed by atoms with Crippen molar-refractivity contribution in [3.63, 3.8) is 0 Å². The zero-order valence-corrected chi connectivity index (χ0v) is 44.9. The Morgan fingerprint density at radius 2 is 0.574 bits per heavy atom. The Morgan fingerprint density at radius 3 is 0.912 bits per heavy atom. The Hall–Kier alpha value is -3.15. The predicted molar refractivity (Wildman–Crippen MR) is 293 cm³/mol. The molecule has 6 heteroatoms. The molecule has 0 bridgehead atoms. The molecule has 68 heavy (non-hydrogen) atoms. The smallest absolute Gasteiger partial charge is 0.306 e. The van der Waals surface area contributed by atoms with Crippen LogP contribution in [-0.4, -0.2) is 37.2 Å². The number of rotatable bonds is 52. The first-order chi connectivity index (χ1) is 33.5. The molecule has 0 saturated heterocycles. The van der Waals surface area contributed by atoms with Gasteiger partial charge in [0.05, 0.1) is 0 Å². The third-order valence-electron chi connectivity index (χ3n) is 12.4. The fourth-order valence-electron chi connectivity index (χ4n) is 8.07. The van der Waals surface area contributed by atoms with Gasteiger partial charge in [-0.3, -0.25) is 14.4 Å². The lowest BCUT2D eigenvalue weighted by atomic mass is 10.1. The molecular weight excluding hydrogens is 841 g/mol. The number of esters is 3. The van der Waals surface area contributed by atoms with Crippen LogP contribution in [0, 0.1) is 0 Å². The molecule has 0 spiro atoms. The normalized spacial score (nSPS) is 12.6. The molecule has 0 N–H and O–H groups in total. The van der Waals surface area contributed by atoms with Gasteiger partial charge in [-0.1, -0.05) is 229 Å². The van der Waals surface area contributed by atoms with Crippen molar-refractivity contribution < 1.29 is 28.6 Å². The van der Waals surface area contributed by atoms with Crippen LogP contribution in [0.4, 0.5) is 0 Å². The van der Waals surface area contributed by atoms with Gasteiger partial charge in [-0.25, -0.2) is 0 Å². The molecule has 0 aromatic carbocycles. The number of unbranched alkanes of at least 4 members (excludes halogenated alkanes) is 29. The zero-order valence-electron chi connectivity index (χ0n) is 44.9. The van der Waals surface area contributed by atoms with E-state index in [2.05, 4.69) is 93.7 Å². The fraction of sp³-hybridized carbons (Fsp3) is 0.758. The van der Waals surface area contributed by atoms with Crippen molar-refractivity contribution in [2.24, 2.45) is 0 Å². The van der Waals surface area contributed by atoms with Gasteiger partial charge in [0.1, 0.15) is 13.2 Å². The van der Waals surface area contributed by atoms with Gasteiger partial charge >= 0.3 is 17.9 Å². The topological polar surface area (TPSA) is 78.9 Å². The summed E-state index contributed by atoms with van der Waals surface area (Å²) < 4.78 is 16.9. The molecule has 0 fully saturated rings. The number of carbonyl (C=O) groups excluding carboxylic acids is 3. The average Bonchev–Trinajstić information content (AvgIpc) is 3.34. The maximum Gasteiger partial charge on any atom is 0.306 e. The third kappa shape index (κ3) is 53.8. The second-order valence-corrected chi connectivity index (χ2v) is 19.2. The quantitative estimate of drug-likeness (QED) is 0.0262. The third-order valence-corrected chi connectivity index (χ3v) is 12.4. The monoisotopic (exact) mass is 949 g/mol. The highest BCUT2D eigenvalue weighted by Gasteiger charge is 2.19. The van der Waals surface area contributed by atoms with Gasteiger partial charge in [-0.2, -0.15) is 0 Å². The van der Waals surface area contributed by atoms with Crippen LogP contribution in [0.25, 0.3) is 0 Å². The van der Waals surface area contributed by atoms with Gasteiger partial charge in [-0.15, -0.1) is 0 Å². The molecule has 0 aromatic heterocycles. The lowest BCUT2D eigenvalue weighted by Gasteiger charge is -2.18. The van der Waals surface area contributed by atoms with Crippen molar-refractivity contribution >= 4 is 17.9 Å². The summed E-state index contributed by atoms with van der Waals surface area (Å²) in [6.45, 7) is 6.51. The van der Waals surface area contributed by atoms with Gasteiger partial charge in [0, 0.05) is 19.3 Å². The van der Waals surface area contributed by atoms with Crippen LogP contribution in [0.2, 0.25) is 0 Å². The Balaban J connectivity index is 4.38. The fourth-order valence-corrected chi connectivity index (χ4v) is 8.07. The summed E-state index contributed by atoms with van der Waals surface area (Å²) in [6.07, 6.45) is 71.7. The highest BCUT2D eigenvalue weighted by molar-refractivity contribution is 5.71. The van der Waals surface area contributed by atoms with Crippen LogP contribution in [0.3, 0.4) is 0 Å². The first-order valence-corrected chi connectivity index (χ1v) is 28.9. The SMILES string of the molecule is CC/C=C\C/C=C\C/C=C\C/C=C\CCCCCCCCCCC(=O)OCC(COC(=O)CCCCCCC/C=C\CCCCCCC)OC(=O)CCCCCCC/C=C\CCCCCCCC. The van der Waals surface area contributed by atoms with E-state index in [9.17, 15) is 14.4 Å². The minimum absolute atomic E-state index is 0.0847. The van der Waals surface area contributed by atoms with Crippen molar-refractivity contribution in [2.45, 2.75) is 290 Å². The number of hydrogen-bond donors (Lipinski definition) is 0. The van der Waals surface area contributed by atoms with E-state index < -0.39 is 6.10 Å². The van der Waals surface area contributed by atoms with Gasteiger partial charge in [0.2, 0.25) is 0 Å². The Bertz CT molecular complexity index is 1270. The van der Waals surface area contributed by atoms with Crippen molar-refractivity contribution in [3.05, 3.63) is 72.9 Å². The van der Waals surface area contributed by atoms with Crippen LogP contribution in [0.1, 0.15) is 284 Å². The number of carbonyl (C=O) groups is 3. The van der Waals surface area contributed by atoms with E-state index >= 15 is 0 Å². The summed E-state index contributed by atoms with van der Waals surface area (Å²) in [6, 6.07) is 0. The van der Waals surface area contributed by atoms with Gasteiger partial charge in [0.15, 0.2) is 6.10 Å². The number of ether oxygens (including phenoxy) is 3. The summed E-state index contributed by atoms with van der Waals surface area (Å²) >= 11 is 0. The first kappa shape index (κ1) is 64.8. The molecule has 0 aliphatic carbocycles. The van der Waals surface area contributed by atoms with E-state index in [1.165, 1.54) is 135 Å². The molecule has 0 saturated carbocycles. The molecule has 0 aromatic rings. The Kier molecular flexibility index (Phi) is 53.8. The largest absolute Gasteiger partial charge is 0.462 e. The van der Waals surface area contributed by atoms with Gasteiger partial charge < -0.3 is 14.2 Å². The standard InChI is InChI=1S/C62H108O6/c1-4-7-10-13-16-19-22-25-28-29-30-31-32-33-35-37-40-43-46-49-52-55-61(64)67-58-59(57-66-60(63)54-51-48-45-42-39-36-27-24-21-18-15-12-9-6-3)68-62(65)56-53-50-47-44-41-38-34-26-23-20-17-14-11-8-5-2/h7,10,16,19,24-28,30-31,34,59H,4-6,8-9,11-15,17-18,20-23,29,32-33,35-58H2,1-3H3/b10-7-,19-16-,27-24-,28-25-,31-30-,34-26-. The molecule has 0 rings (SSSR count). The number of hydrogen-bond acceptors (Lipinski definition) is 6. The molecule has 1 atom stereocenters. The van der Waals surface area contributed by atoms with Gasteiger partial charge in [0.25, 0.3) is 0 Å². The number of allylic oxidation sites excluding steroid dienone is 12. The Labute approximate surface area is 421 Å². The lowest BCUT2D eigenvalue weighted by molar-refractivity contribution is -0.167. The maximum absolute atomic E-state index is 12.8. The van der Waals surface area contributed by atoms with Crippen LogP contribution in [0.5, 0.6) is 0 Å². The molecular formula is C62H108O6. The predicted octanol–water partition coefficient (Wildman–Crippen LogP) is 19.4. The molecule has 0 heterocycles. The van der Waals surface area contributed by atoms with Crippen molar-refractivity contribution in [2.75, 3.05) is 13.2 Å². The molecule has 0 amide bonds. The molecule has 392 valence electrons. The van der Waals surface area contributed by atoms with Crippen LogP contribution in [0.15, 0.2) is 72.9 Å². The second-order valence-electron chi connectivity index (χ2n) is 19.2. The minimum atomic E-state index is -0.786. The van der Waals surface area contributed by atoms with E-state index in [1.807, 2.05) is 0 Å². The Morgan fingerprint density at radius 1 is 0.309 bits per heavy atom. The lowest BCUT2D eigenvalue weighted by Crippen LogP contribution is -2.30. The van der Waals surface area contributed by atoms with E-state index in [-0.39, 0.29) is 31.1 Å². The van der Waals surface area contributed by atoms with E-state index in [0.717, 1.165) is 109 Å². The summed E-state index contributed by atoms with van der Waals surface area (Å²) in [5.74, 6) is -0.901. The summed E-state index contributed by atoms with van der Waals surface area (Å²) in [7, 11) is 0. The second kappa shape index (κ2) is 56.4. The molecule has 0 aliphatic heterocycles. The summed E-state index contributed by atoms with van der Waals surface area (Å²) in [4.78, 5) is 38.1. The van der Waals surface area contributed by atoms with Crippen molar-refractivity contribution in [1.29, 1.82) is 0 Å². The van der Waals surface area contributed by atoms with Crippen molar-refractivity contribution in [1.82, 2.24) is 0 Å². The minimum Gasteiger partial charge on any atom is -0.462 e.